The van der Waals surface area contributed by atoms with Crippen molar-refractivity contribution in [3.8, 4) is 0 Å². The molecule has 0 unspecified atom stereocenters. The van der Waals surface area contributed by atoms with Crippen LogP contribution in [-0.2, 0) is 19.4 Å². The number of halogens is 1. The number of anilines is 1. The van der Waals surface area contributed by atoms with E-state index < -0.39 is 0 Å². The summed E-state index contributed by atoms with van der Waals surface area (Å²) in [6, 6.07) is 13.1. The molecule has 0 bridgehead atoms. The Balaban J connectivity index is 2.16. The van der Waals surface area contributed by atoms with Gasteiger partial charge in [0.1, 0.15) is 5.82 Å². The summed E-state index contributed by atoms with van der Waals surface area (Å²) in [5.74, 6) is -0.188. The Morgan fingerprint density at radius 2 is 1.47 bits per heavy atom. The third kappa shape index (κ3) is 3.34. The highest BCUT2D eigenvalue weighted by Gasteiger charge is 2.05. The van der Waals surface area contributed by atoms with Crippen LogP contribution in [-0.4, -0.2) is 0 Å². The van der Waals surface area contributed by atoms with Crippen molar-refractivity contribution in [3.05, 3.63) is 65.0 Å². The summed E-state index contributed by atoms with van der Waals surface area (Å²) in [6.45, 7) is 5.06. The molecule has 2 aromatic carbocycles. The summed E-state index contributed by atoms with van der Waals surface area (Å²) in [5, 5.41) is 3.50. The van der Waals surface area contributed by atoms with E-state index in [4.69, 9.17) is 0 Å². The van der Waals surface area contributed by atoms with Crippen LogP contribution in [0.5, 0.6) is 0 Å². The minimum Gasteiger partial charge on any atom is -0.381 e. The molecule has 1 N–H and O–H groups in total. The van der Waals surface area contributed by atoms with Gasteiger partial charge in [-0.2, -0.15) is 0 Å². The van der Waals surface area contributed by atoms with Gasteiger partial charge in [-0.3, -0.25) is 0 Å². The van der Waals surface area contributed by atoms with Crippen LogP contribution >= 0.6 is 0 Å². The van der Waals surface area contributed by atoms with Crippen LogP contribution in [0.4, 0.5) is 10.1 Å². The van der Waals surface area contributed by atoms with Crippen molar-refractivity contribution in [1.82, 2.24) is 0 Å². The van der Waals surface area contributed by atoms with E-state index in [0.717, 1.165) is 24.9 Å². The van der Waals surface area contributed by atoms with E-state index in [1.165, 1.54) is 28.9 Å². The number of benzene rings is 2. The lowest BCUT2D eigenvalue weighted by Gasteiger charge is -2.15. The third-order valence-corrected chi connectivity index (χ3v) is 3.38. The number of para-hydroxylation sites is 1. The summed E-state index contributed by atoms with van der Waals surface area (Å²) in [4.78, 5) is 0. The molecule has 0 amide bonds. The minimum atomic E-state index is -0.188. The van der Waals surface area contributed by atoms with Crippen LogP contribution in [0.1, 0.15) is 30.5 Å². The fraction of sp³-hybridized carbons (Fsp3) is 0.294. The molecule has 2 heteroatoms. The molecule has 0 aliphatic carbocycles. The van der Waals surface area contributed by atoms with Crippen molar-refractivity contribution in [2.45, 2.75) is 33.2 Å². The van der Waals surface area contributed by atoms with Crippen LogP contribution in [0.25, 0.3) is 0 Å². The van der Waals surface area contributed by atoms with E-state index in [-0.39, 0.29) is 5.82 Å². The van der Waals surface area contributed by atoms with E-state index >= 15 is 0 Å². The second-order valence-electron chi connectivity index (χ2n) is 4.64. The number of rotatable bonds is 5. The highest BCUT2D eigenvalue weighted by Crippen LogP contribution is 2.23. The normalized spacial score (nSPS) is 10.5. The van der Waals surface area contributed by atoms with Crippen LogP contribution in [0.2, 0.25) is 0 Å². The number of nitrogens with one attached hydrogen (secondary N) is 1. The van der Waals surface area contributed by atoms with Crippen molar-refractivity contribution >= 4 is 5.69 Å². The van der Waals surface area contributed by atoms with Gasteiger partial charge in [0.2, 0.25) is 0 Å². The van der Waals surface area contributed by atoms with E-state index in [0.29, 0.717) is 0 Å². The van der Waals surface area contributed by atoms with Crippen molar-refractivity contribution in [1.29, 1.82) is 0 Å². The van der Waals surface area contributed by atoms with Gasteiger partial charge in [0.15, 0.2) is 0 Å². The average molecular weight is 257 g/mol. The van der Waals surface area contributed by atoms with Gasteiger partial charge in [-0.25, -0.2) is 4.39 Å². The molecule has 0 spiro atoms. The minimum absolute atomic E-state index is 0.188. The van der Waals surface area contributed by atoms with Gasteiger partial charge in [-0.1, -0.05) is 44.2 Å². The van der Waals surface area contributed by atoms with Gasteiger partial charge in [0.25, 0.3) is 0 Å². The molecule has 0 aromatic heterocycles. The van der Waals surface area contributed by atoms with Gasteiger partial charge in [0, 0.05) is 12.2 Å². The molecule has 0 saturated heterocycles. The Hall–Kier alpha value is -1.83. The third-order valence-electron chi connectivity index (χ3n) is 3.38. The SMILES string of the molecule is CCc1cccc(CC)c1NCc1ccc(F)cc1. The molecule has 0 aliphatic heterocycles. The fourth-order valence-corrected chi connectivity index (χ4v) is 2.26. The Labute approximate surface area is 114 Å². The first-order valence-corrected chi connectivity index (χ1v) is 6.83. The molecule has 0 fully saturated rings. The van der Waals surface area contributed by atoms with Crippen molar-refractivity contribution in [3.63, 3.8) is 0 Å². The number of hydrogen-bond donors (Lipinski definition) is 1. The molecule has 0 aliphatic rings. The zero-order chi connectivity index (χ0) is 13.7. The fourth-order valence-electron chi connectivity index (χ4n) is 2.26. The first-order valence-electron chi connectivity index (χ1n) is 6.83. The summed E-state index contributed by atoms with van der Waals surface area (Å²) in [6.07, 6.45) is 2.03. The monoisotopic (exact) mass is 257 g/mol. The number of hydrogen-bond acceptors (Lipinski definition) is 1. The molecule has 2 aromatic rings. The summed E-state index contributed by atoms with van der Waals surface area (Å²) < 4.78 is 12.9. The first kappa shape index (κ1) is 13.6. The quantitative estimate of drug-likeness (QED) is 0.827. The molecule has 0 heterocycles. The second kappa shape index (κ2) is 6.37. The van der Waals surface area contributed by atoms with Gasteiger partial charge in [0.05, 0.1) is 0 Å². The molecule has 0 radical (unpaired) electrons. The number of aryl methyl sites for hydroxylation is 2. The summed E-state index contributed by atoms with van der Waals surface area (Å²) >= 11 is 0. The smallest absolute Gasteiger partial charge is 0.123 e. The lowest BCUT2D eigenvalue weighted by atomic mass is 10.0. The average Bonchev–Trinajstić information content (AvgIpc) is 2.46. The van der Waals surface area contributed by atoms with Crippen molar-refractivity contribution in [2.24, 2.45) is 0 Å². The second-order valence-corrected chi connectivity index (χ2v) is 4.64. The molecule has 0 saturated carbocycles. The highest BCUT2D eigenvalue weighted by atomic mass is 19.1. The molecule has 2 rings (SSSR count). The summed E-state index contributed by atoms with van der Waals surface area (Å²) in [5.41, 5.74) is 4.99. The standard InChI is InChI=1S/C17H20FN/c1-3-14-6-5-7-15(4-2)17(14)19-12-13-8-10-16(18)11-9-13/h5-11,19H,3-4,12H2,1-2H3. The van der Waals surface area contributed by atoms with E-state index in [2.05, 4.69) is 37.4 Å². The Bertz CT molecular complexity index is 509. The van der Waals surface area contributed by atoms with Crippen LogP contribution < -0.4 is 5.32 Å². The molecule has 0 atom stereocenters. The van der Waals surface area contributed by atoms with Crippen molar-refractivity contribution < 1.29 is 4.39 Å². The molecular formula is C17H20FN. The van der Waals surface area contributed by atoms with Gasteiger partial charge < -0.3 is 5.32 Å². The van der Waals surface area contributed by atoms with E-state index in [1.54, 1.807) is 0 Å². The predicted molar refractivity (Wildman–Crippen MR) is 78.9 cm³/mol. The van der Waals surface area contributed by atoms with Crippen LogP contribution in [0.15, 0.2) is 42.5 Å². The zero-order valence-corrected chi connectivity index (χ0v) is 11.5. The van der Waals surface area contributed by atoms with E-state index in [9.17, 15) is 4.39 Å². The van der Waals surface area contributed by atoms with Crippen LogP contribution in [0.3, 0.4) is 0 Å². The lowest BCUT2D eigenvalue weighted by Crippen LogP contribution is -2.05. The van der Waals surface area contributed by atoms with Gasteiger partial charge in [-0.05, 0) is 41.7 Å². The largest absolute Gasteiger partial charge is 0.381 e. The lowest BCUT2D eigenvalue weighted by molar-refractivity contribution is 0.627. The maximum Gasteiger partial charge on any atom is 0.123 e. The Morgan fingerprint density at radius 1 is 0.895 bits per heavy atom. The van der Waals surface area contributed by atoms with Gasteiger partial charge in [-0.15, -0.1) is 0 Å². The molecule has 1 nitrogen and oxygen atoms in total. The Morgan fingerprint density at radius 3 is 2.00 bits per heavy atom. The van der Waals surface area contributed by atoms with Crippen molar-refractivity contribution in [2.75, 3.05) is 5.32 Å². The molecule has 100 valence electrons. The molecular weight excluding hydrogens is 237 g/mol. The van der Waals surface area contributed by atoms with Crippen LogP contribution in [0, 0.1) is 5.82 Å². The zero-order valence-electron chi connectivity index (χ0n) is 11.5. The maximum atomic E-state index is 12.9. The van der Waals surface area contributed by atoms with Gasteiger partial charge >= 0.3 is 0 Å². The maximum absolute atomic E-state index is 12.9. The topological polar surface area (TPSA) is 12.0 Å². The highest BCUT2D eigenvalue weighted by molar-refractivity contribution is 5.58. The van der Waals surface area contributed by atoms with E-state index in [1.807, 2.05) is 12.1 Å². The first-order chi connectivity index (χ1) is 9.24. The summed E-state index contributed by atoms with van der Waals surface area (Å²) in [7, 11) is 0. The Kier molecular flexibility index (Phi) is 4.56. The predicted octanol–water partition coefficient (Wildman–Crippen LogP) is 4.56. The molecule has 19 heavy (non-hydrogen) atoms.